The molecule has 0 radical (unpaired) electrons. The van der Waals surface area contributed by atoms with E-state index in [0.717, 1.165) is 30.4 Å². The summed E-state index contributed by atoms with van der Waals surface area (Å²) in [4.78, 5) is 12.1. The average molecular weight is 365 g/mol. The van der Waals surface area contributed by atoms with Crippen molar-refractivity contribution in [3.05, 3.63) is 41.0 Å². The molecule has 0 saturated carbocycles. The molecule has 0 fully saturated rings. The number of carbonyl (C=O) groups is 1. The van der Waals surface area contributed by atoms with Crippen molar-refractivity contribution in [1.29, 1.82) is 0 Å². The second-order valence-electron chi connectivity index (χ2n) is 6.60. The van der Waals surface area contributed by atoms with Gasteiger partial charge in [0.25, 0.3) is 0 Å². The van der Waals surface area contributed by atoms with Crippen LogP contribution < -0.4 is 10.0 Å². The summed E-state index contributed by atoms with van der Waals surface area (Å²) < 4.78 is 27.0. The normalized spacial score (nSPS) is 14.9. The molecule has 0 heterocycles. The van der Waals surface area contributed by atoms with Crippen LogP contribution in [0.5, 0.6) is 0 Å². The summed E-state index contributed by atoms with van der Waals surface area (Å²) in [6.07, 6.45) is 8.07. The van der Waals surface area contributed by atoms with Crippen LogP contribution >= 0.6 is 0 Å². The maximum absolute atomic E-state index is 12.2. The summed E-state index contributed by atoms with van der Waals surface area (Å²) in [5.41, 5.74) is 3.39. The van der Waals surface area contributed by atoms with Crippen molar-refractivity contribution in [1.82, 2.24) is 10.0 Å². The van der Waals surface area contributed by atoms with Crippen LogP contribution in [0.2, 0.25) is 0 Å². The Morgan fingerprint density at radius 1 is 1.12 bits per heavy atom. The van der Waals surface area contributed by atoms with Crippen molar-refractivity contribution >= 4 is 15.9 Å². The molecule has 0 bridgehead atoms. The standard InChI is InChI=1S/C19H28N2O3S/c1-15-8-9-18(14-16(15)2)25(23,24)21-13-11-19(22)20-12-10-17-6-4-3-5-7-17/h6,8-9,14,21H,3-5,7,10-13H2,1-2H3,(H,20,22). The van der Waals surface area contributed by atoms with E-state index < -0.39 is 10.0 Å². The molecule has 1 aromatic rings. The van der Waals surface area contributed by atoms with E-state index in [1.54, 1.807) is 18.2 Å². The van der Waals surface area contributed by atoms with Crippen LogP contribution in [-0.4, -0.2) is 27.4 Å². The quantitative estimate of drug-likeness (QED) is 0.696. The molecule has 1 amide bonds. The number of benzene rings is 1. The lowest BCUT2D eigenvalue weighted by molar-refractivity contribution is -0.120. The van der Waals surface area contributed by atoms with Gasteiger partial charge in [-0.3, -0.25) is 4.79 Å². The van der Waals surface area contributed by atoms with Gasteiger partial charge in [-0.15, -0.1) is 0 Å². The van der Waals surface area contributed by atoms with E-state index in [2.05, 4.69) is 16.1 Å². The largest absolute Gasteiger partial charge is 0.356 e. The maximum atomic E-state index is 12.2. The van der Waals surface area contributed by atoms with Crippen molar-refractivity contribution in [3.8, 4) is 0 Å². The Bertz CT molecular complexity index is 739. The van der Waals surface area contributed by atoms with E-state index in [1.165, 1.54) is 18.4 Å². The fourth-order valence-corrected chi connectivity index (χ4v) is 3.96. The molecule has 0 saturated heterocycles. The molecule has 0 atom stereocenters. The first-order valence-electron chi connectivity index (χ1n) is 8.90. The van der Waals surface area contributed by atoms with E-state index >= 15 is 0 Å². The minimum absolute atomic E-state index is 0.101. The third-order valence-electron chi connectivity index (χ3n) is 4.59. The average Bonchev–Trinajstić information content (AvgIpc) is 2.58. The topological polar surface area (TPSA) is 75.3 Å². The maximum Gasteiger partial charge on any atom is 0.240 e. The Balaban J connectivity index is 1.72. The van der Waals surface area contributed by atoms with Crippen LogP contribution in [0.25, 0.3) is 0 Å². The van der Waals surface area contributed by atoms with Gasteiger partial charge in [-0.2, -0.15) is 0 Å². The molecule has 1 aliphatic rings. The predicted molar refractivity (Wildman–Crippen MR) is 99.9 cm³/mol. The Morgan fingerprint density at radius 2 is 1.92 bits per heavy atom. The van der Waals surface area contributed by atoms with Crippen molar-refractivity contribution in [3.63, 3.8) is 0 Å². The number of sulfonamides is 1. The minimum Gasteiger partial charge on any atom is -0.356 e. The third kappa shape index (κ3) is 6.29. The van der Waals surface area contributed by atoms with Gasteiger partial charge in [0, 0.05) is 19.5 Å². The van der Waals surface area contributed by atoms with Crippen molar-refractivity contribution < 1.29 is 13.2 Å². The van der Waals surface area contributed by atoms with Crippen LogP contribution in [0.1, 0.15) is 49.7 Å². The van der Waals surface area contributed by atoms with E-state index in [1.807, 2.05) is 13.8 Å². The van der Waals surface area contributed by atoms with Crippen molar-refractivity contribution in [2.24, 2.45) is 0 Å². The van der Waals surface area contributed by atoms with E-state index in [-0.39, 0.29) is 23.8 Å². The van der Waals surface area contributed by atoms with Crippen LogP contribution in [0.15, 0.2) is 34.7 Å². The van der Waals surface area contributed by atoms with Gasteiger partial charge >= 0.3 is 0 Å². The zero-order valence-electron chi connectivity index (χ0n) is 15.1. The molecule has 1 aliphatic carbocycles. The first-order chi connectivity index (χ1) is 11.9. The second-order valence-corrected chi connectivity index (χ2v) is 8.37. The highest BCUT2D eigenvalue weighted by Gasteiger charge is 2.14. The number of nitrogens with one attached hydrogen (secondary N) is 2. The van der Waals surface area contributed by atoms with Gasteiger partial charge in [0.05, 0.1) is 4.90 Å². The zero-order valence-corrected chi connectivity index (χ0v) is 15.9. The highest BCUT2D eigenvalue weighted by Crippen LogP contribution is 2.19. The lowest BCUT2D eigenvalue weighted by atomic mass is 9.97. The number of amides is 1. The predicted octanol–water partition coefficient (Wildman–Crippen LogP) is 2.98. The van der Waals surface area contributed by atoms with E-state index in [0.29, 0.717) is 6.54 Å². The molecule has 0 unspecified atom stereocenters. The second kappa shape index (κ2) is 9.15. The molecule has 6 heteroatoms. The first kappa shape index (κ1) is 19.7. The van der Waals surface area contributed by atoms with Crippen LogP contribution in [0.4, 0.5) is 0 Å². The molecule has 0 spiro atoms. The Kier molecular flexibility index (Phi) is 7.20. The van der Waals surface area contributed by atoms with E-state index in [4.69, 9.17) is 0 Å². The molecule has 2 rings (SSSR count). The van der Waals surface area contributed by atoms with Gasteiger partial charge in [0.15, 0.2) is 0 Å². The number of hydrogen-bond acceptors (Lipinski definition) is 3. The Hall–Kier alpha value is -1.66. The highest BCUT2D eigenvalue weighted by molar-refractivity contribution is 7.89. The van der Waals surface area contributed by atoms with Gasteiger partial charge in [-0.25, -0.2) is 13.1 Å². The molecular formula is C19H28N2O3S. The number of carbonyl (C=O) groups excluding carboxylic acids is 1. The highest BCUT2D eigenvalue weighted by atomic mass is 32.2. The number of aryl methyl sites for hydroxylation is 2. The lowest BCUT2D eigenvalue weighted by Crippen LogP contribution is -2.31. The third-order valence-corrected chi connectivity index (χ3v) is 6.04. The molecule has 1 aromatic carbocycles. The summed E-state index contributed by atoms with van der Waals surface area (Å²) in [5.74, 6) is -0.126. The van der Waals surface area contributed by atoms with Crippen LogP contribution in [0.3, 0.4) is 0 Å². The molecule has 2 N–H and O–H groups in total. The Morgan fingerprint density at radius 3 is 2.60 bits per heavy atom. The summed E-state index contributed by atoms with van der Waals surface area (Å²) in [5, 5.41) is 2.86. The van der Waals surface area contributed by atoms with Gasteiger partial charge in [-0.1, -0.05) is 17.7 Å². The summed E-state index contributed by atoms with van der Waals surface area (Å²) in [6, 6.07) is 5.02. The van der Waals surface area contributed by atoms with Crippen molar-refractivity contribution in [2.75, 3.05) is 13.1 Å². The monoisotopic (exact) mass is 364 g/mol. The van der Waals surface area contributed by atoms with Crippen LogP contribution in [-0.2, 0) is 14.8 Å². The molecule has 0 aliphatic heterocycles. The number of rotatable bonds is 8. The zero-order chi connectivity index (χ0) is 18.3. The summed E-state index contributed by atoms with van der Waals surface area (Å²) in [6.45, 7) is 4.54. The van der Waals surface area contributed by atoms with Gasteiger partial charge in [-0.05, 0) is 69.2 Å². The molecule has 25 heavy (non-hydrogen) atoms. The summed E-state index contributed by atoms with van der Waals surface area (Å²) >= 11 is 0. The van der Waals surface area contributed by atoms with Gasteiger partial charge in [0.2, 0.25) is 15.9 Å². The number of allylic oxidation sites excluding steroid dienone is 1. The fourth-order valence-electron chi connectivity index (χ4n) is 2.85. The van der Waals surface area contributed by atoms with Crippen LogP contribution in [0, 0.1) is 13.8 Å². The lowest BCUT2D eigenvalue weighted by Gasteiger charge is -2.13. The minimum atomic E-state index is -3.57. The van der Waals surface area contributed by atoms with Gasteiger partial charge in [0.1, 0.15) is 0 Å². The SMILES string of the molecule is Cc1ccc(S(=O)(=O)NCCC(=O)NCCC2=CCCCC2)cc1C. The molecular weight excluding hydrogens is 336 g/mol. The number of hydrogen-bond donors (Lipinski definition) is 2. The molecule has 138 valence electrons. The molecule has 0 aromatic heterocycles. The summed E-state index contributed by atoms with van der Waals surface area (Å²) in [7, 11) is -3.57. The van der Waals surface area contributed by atoms with E-state index in [9.17, 15) is 13.2 Å². The fraction of sp³-hybridized carbons (Fsp3) is 0.526. The smallest absolute Gasteiger partial charge is 0.240 e. The Labute approximate surface area is 151 Å². The first-order valence-corrected chi connectivity index (χ1v) is 10.4. The van der Waals surface area contributed by atoms with Crippen molar-refractivity contribution in [2.45, 2.75) is 57.3 Å². The van der Waals surface area contributed by atoms with Gasteiger partial charge < -0.3 is 5.32 Å². The molecule has 5 nitrogen and oxygen atoms in total.